The number of Topliss-reactive ketones (excluding diaryl/α,β-unsaturated/α-hetero) is 1. The fraction of sp³-hybridized carbons (Fsp3) is 0.263. The minimum atomic E-state index is -0.952. The molecule has 1 atom stereocenters. The van der Waals surface area contributed by atoms with E-state index in [0.717, 1.165) is 17.4 Å². The first-order valence-electron chi connectivity index (χ1n) is 7.36. The van der Waals surface area contributed by atoms with Crippen LogP contribution in [0.25, 0.3) is 0 Å². The maximum Gasteiger partial charge on any atom is 0.147 e. The Morgan fingerprint density at radius 1 is 1.09 bits per heavy atom. The molecule has 0 radical (unpaired) electrons. The van der Waals surface area contributed by atoms with Crippen molar-refractivity contribution in [3.05, 3.63) is 65.7 Å². The van der Waals surface area contributed by atoms with Crippen molar-refractivity contribution in [1.29, 1.82) is 0 Å². The molecule has 1 unspecified atom stereocenters. The maximum atomic E-state index is 12.8. The van der Waals surface area contributed by atoms with Gasteiger partial charge in [-0.05, 0) is 23.3 Å². The van der Waals surface area contributed by atoms with Gasteiger partial charge < -0.3 is 9.53 Å². The Labute approximate surface area is 130 Å². The van der Waals surface area contributed by atoms with Crippen molar-refractivity contribution < 1.29 is 14.3 Å². The van der Waals surface area contributed by atoms with Crippen molar-refractivity contribution in [2.45, 2.75) is 25.2 Å². The van der Waals surface area contributed by atoms with Crippen molar-refractivity contribution in [3.63, 3.8) is 0 Å². The Kier molecular flexibility index (Phi) is 5.10. The number of aldehydes is 1. The van der Waals surface area contributed by atoms with Crippen LogP contribution in [0.4, 0.5) is 0 Å². The van der Waals surface area contributed by atoms with Gasteiger partial charge in [0.05, 0.1) is 12.5 Å². The molecule has 0 saturated carbocycles. The zero-order chi connectivity index (χ0) is 16.0. The largest absolute Gasteiger partial charge is 0.497 e. The summed E-state index contributed by atoms with van der Waals surface area (Å²) in [7, 11) is 1.59. The Hall–Kier alpha value is -2.42. The number of methoxy groups -OCH3 is 1. The lowest BCUT2D eigenvalue weighted by Crippen LogP contribution is -2.37. The van der Waals surface area contributed by atoms with Gasteiger partial charge in [-0.25, -0.2) is 0 Å². The summed E-state index contributed by atoms with van der Waals surface area (Å²) < 4.78 is 5.28. The summed E-state index contributed by atoms with van der Waals surface area (Å²) in [6, 6.07) is 16.9. The molecule has 0 aromatic heterocycles. The van der Waals surface area contributed by atoms with Gasteiger partial charge in [-0.1, -0.05) is 49.4 Å². The van der Waals surface area contributed by atoms with E-state index in [0.29, 0.717) is 12.2 Å². The molecule has 0 N–H and O–H groups in total. The second-order valence-electron chi connectivity index (χ2n) is 5.15. The first-order chi connectivity index (χ1) is 10.7. The van der Waals surface area contributed by atoms with Gasteiger partial charge in [0.15, 0.2) is 0 Å². The Bertz CT molecular complexity index is 649. The zero-order valence-electron chi connectivity index (χ0n) is 12.9. The summed E-state index contributed by atoms with van der Waals surface area (Å²) in [5, 5.41) is 0. The van der Waals surface area contributed by atoms with Crippen molar-refractivity contribution in [1.82, 2.24) is 0 Å². The second-order valence-corrected chi connectivity index (χ2v) is 5.15. The molecule has 0 heterocycles. The number of carbonyl (C=O) groups is 2. The third-order valence-corrected chi connectivity index (χ3v) is 4.02. The second kappa shape index (κ2) is 7.03. The predicted octanol–water partition coefficient (Wildman–Crippen LogP) is 3.55. The van der Waals surface area contributed by atoms with Gasteiger partial charge in [-0.15, -0.1) is 0 Å². The van der Waals surface area contributed by atoms with Gasteiger partial charge in [-0.3, -0.25) is 4.79 Å². The average molecular weight is 296 g/mol. The van der Waals surface area contributed by atoms with Crippen molar-refractivity contribution in [2.24, 2.45) is 0 Å². The summed E-state index contributed by atoms with van der Waals surface area (Å²) in [4.78, 5) is 24.2. The lowest BCUT2D eigenvalue weighted by atomic mass is 9.68. The number of ether oxygens (including phenoxy) is 1. The van der Waals surface area contributed by atoms with E-state index in [9.17, 15) is 9.59 Å². The van der Waals surface area contributed by atoms with E-state index in [1.54, 1.807) is 7.11 Å². The van der Waals surface area contributed by atoms with E-state index in [4.69, 9.17) is 4.74 Å². The Balaban J connectivity index is 2.72. The fourth-order valence-corrected chi connectivity index (χ4v) is 2.88. The van der Waals surface area contributed by atoms with Gasteiger partial charge in [-0.2, -0.15) is 0 Å². The van der Waals surface area contributed by atoms with Crippen LogP contribution in [0, 0.1) is 0 Å². The molecule has 0 aliphatic heterocycles. The molecule has 2 aromatic carbocycles. The normalized spacial score (nSPS) is 13.2. The number of carbonyl (C=O) groups excluding carboxylic acids is 2. The molecule has 114 valence electrons. The van der Waals surface area contributed by atoms with Crippen LogP contribution in [0.2, 0.25) is 0 Å². The van der Waals surface area contributed by atoms with Crippen molar-refractivity contribution in [2.75, 3.05) is 7.11 Å². The molecular formula is C19H20O3. The van der Waals surface area contributed by atoms with Crippen LogP contribution in [0.5, 0.6) is 5.75 Å². The fourth-order valence-electron chi connectivity index (χ4n) is 2.88. The highest BCUT2D eigenvalue weighted by Crippen LogP contribution is 2.38. The number of hydrogen-bond donors (Lipinski definition) is 0. The zero-order valence-corrected chi connectivity index (χ0v) is 12.9. The van der Waals surface area contributed by atoms with Crippen LogP contribution in [-0.4, -0.2) is 19.2 Å². The lowest BCUT2D eigenvalue weighted by molar-refractivity contribution is -0.125. The summed E-state index contributed by atoms with van der Waals surface area (Å²) in [6.45, 7) is 1.82. The van der Waals surface area contributed by atoms with Crippen LogP contribution in [0.15, 0.2) is 54.6 Å². The van der Waals surface area contributed by atoms with Crippen molar-refractivity contribution in [3.8, 4) is 5.75 Å². The van der Waals surface area contributed by atoms with Gasteiger partial charge in [0.2, 0.25) is 0 Å². The Morgan fingerprint density at radius 2 is 1.77 bits per heavy atom. The average Bonchev–Trinajstić information content (AvgIpc) is 2.59. The first kappa shape index (κ1) is 16.0. The smallest absolute Gasteiger partial charge is 0.147 e. The topological polar surface area (TPSA) is 43.4 Å². The minimum absolute atomic E-state index is 0.0269. The Morgan fingerprint density at radius 3 is 2.36 bits per heavy atom. The van der Waals surface area contributed by atoms with E-state index in [2.05, 4.69) is 0 Å². The van der Waals surface area contributed by atoms with E-state index in [1.807, 2.05) is 61.5 Å². The van der Waals surface area contributed by atoms with Crippen LogP contribution >= 0.6 is 0 Å². The third kappa shape index (κ3) is 2.80. The van der Waals surface area contributed by atoms with Gasteiger partial charge >= 0.3 is 0 Å². The quantitative estimate of drug-likeness (QED) is 0.734. The molecule has 0 aliphatic carbocycles. The van der Waals surface area contributed by atoms with Gasteiger partial charge in [0, 0.05) is 12.8 Å². The van der Waals surface area contributed by atoms with E-state index < -0.39 is 5.41 Å². The number of rotatable bonds is 7. The van der Waals surface area contributed by atoms with Crippen LogP contribution in [0.3, 0.4) is 0 Å². The molecule has 3 nitrogen and oxygen atoms in total. The molecule has 0 aliphatic rings. The molecule has 3 heteroatoms. The standard InChI is InChI=1S/C19H20O3/c1-3-18(21)19(12-13-20,15-8-5-4-6-9-15)16-10-7-11-17(14-16)22-2/h4-11,13-14H,3,12H2,1-2H3. The van der Waals surface area contributed by atoms with Crippen LogP contribution < -0.4 is 4.74 Å². The molecule has 2 aromatic rings. The number of benzene rings is 2. The molecule has 0 fully saturated rings. The molecular weight excluding hydrogens is 276 g/mol. The molecule has 0 spiro atoms. The number of ketones is 1. The highest BCUT2D eigenvalue weighted by atomic mass is 16.5. The van der Waals surface area contributed by atoms with E-state index in [1.165, 1.54) is 0 Å². The van der Waals surface area contributed by atoms with E-state index >= 15 is 0 Å². The predicted molar refractivity (Wildman–Crippen MR) is 86.2 cm³/mol. The van der Waals surface area contributed by atoms with Crippen molar-refractivity contribution >= 4 is 12.1 Å². The number of hydrogen-bond acceptors (Lipinski definition) is 3. The maximum absolute atomic E-state index is 12.8. The SMILES string of the molecule is CCC(=O)C(CC=O)(c1ccccc1)c1cccc(OC)c1. The van der Waals surface area contributed by atoms with Gasteiger partial charge in [0.25, 0.3) is 0 Å². The van der Waals surface area contributed by atoms with Gasteiger partial charge in [0.1, 0.15) is 17.8 Å². The summed E-state index contributed by atoms with van der Waals surface area (Å²) in [6.07, 6.45) is 1.30. The monoisotopic (exact) mass is 296 g/mol. The lowest BCUT2D eigenvalue weighted by Gasteiger charge is -2.32. The summed E-state index contributed by atoms with van der Waals surface area (Å²) in [5.41, 5.74) is 0.672. The highest BCUT2D eigenvalue weighted by Gasteiger charge is 2.40. The third-order valence-electron chi connectivity index (χ3n) is 4.02. The summed E-state index contributed by atoms with van der Waals surface area (Å²) in [5.74, 6) is 0.701. The van der Waals surface area contributed by atoms with Crippen LogP contribution in [-0.2, 0) is 15.0 Å². The van der Waals surface area contributed by atoms with E-state index in [-0.39, 0.29) is 12.2 Å². The molecule has 0 amide bonds. The molecule has 0 saturated heterocycles. The highest BCUT2D eigenvalue weighted by molar-refractivity contribution is 5.95. The molecule has 22 heavy (non-hydrogen) atoms. The molecule has 0 bridgehead atoms. The minimum Gasteiger partial charge on any atom is -0.497 e. The van der Waals surface area contributed by atoms with Crippen LogP contribution in [0.1, 0.15) is 30.9 Å². The summed E-state index contributed by atoms with van der Waals surface area (Å²) >= 11 is 0. The molecule has 2 rings (SSSR count). The first-order valence-corrected chi connectivity index (χ1v) is 7.36.